The van der Waals surface area contributed by atoms with Crippen LogP contribution in [0.4, 0.5) is 0 Å². The van der Waals surface area contributed by atoms with Crippen LogP contribution in [0.3, 0.4) is 0 Å². The van der Waals surface area contributed by atoms with Crippen molar-refractivity contribution in [3.63, 3.8) is 0 Å². The maximum absolute atomic E-state index is 5.88. The Balaban J connectivity index is 2.74. The summed E-state index contributed by atoms with van der Waals surface area (Å²) in [5.41, 5.74) is 6.99. The molecule has 4 nitrogen and oxygen atoms in total. The third-order valence-corrected chi connectivity index (χ3v) is 2.33. The van der Waals surface area contributed by atoms with E-state index < -0.39 is 0 Å². The van der Waals surface area contributed by atoms with Gasteiger partial charge in [-0.15, -0.1) is 0 Å². The molecule has 1 aromatic carbocycles. The summed E-state index contributed by atoms with van der Waals surface area (Å²) in [6.07, 6.45) is 0.758. The SMILES string of the molecule is COC[C@@H](N)Cc1ccc(OC)c(OC)c1. The molecule has 90 valence electrons. The largest absolute Gasteiger partial charge is 0.493 e. The minimum Gasteiger partial charge on any atom is -0.493 e. The summed E-state index contributed by atoms with van der Waals surface area (Å²) < 4.78 is 15.4. The van der Waals surface area contributed by atoms with Crippen molar-refractivity contribution in [1.82, 2.24) is 0 Å². The second-order valence-corrected chi connectivity index (χ2v) is 3.61. The molecule has 0 saturated carbocycles. The Hall–Kier alpha value is -1.26. The van der Waals surface area contributed by atoms with E-state index in [4.69, 9.17) is 19.9 Å². The van der Waals surface area contributed by atoms with Crippen LogP contribution >= 0.6 is 0 Å². The summed E-state index contributed by atoms with van der Waals surface area (Å²) in [5.74, 6) is 1.45. The molecular formula is C12H19NO3. The lowest BCUT2D eigenvalue weighted by Gasteiger charge is -2.13. The smallest absolute Gasteiger partial charge is 0.160 e. The van der Waals surface area contributed by atoms with E-state index in [1.807, 2.05) is 18.2 Å². The lowest BCUT2D eigenvalue weighted by Crippen LogP contribution is -2.27. The van der Waals surface area contributed by atoms with E-state index in [0.29, 0.717) is 6.61 Å². The quantitative estimate of drug-likeness (QED) is 0.791. The number of ether oxygens (including phenoxy) is 3. The fraction of sp³-hybridized carbons (Fsp3) is 0.500. The Morgan fingerprint density at radius 2 is 1.81 bits per heavy atom. The Bertz CT molecular complexity index is 328. The van der Waals surface area contributed by atoms with Gasteiger partial charge in [-0.1, -0.05) is 6.07 Å². The van der Waals surface area contributed by atoms with Gasteiger partial charge in [0.1, 0.15) is 0 Å². The highest BCUT2D eigenvalue weighted by Crippen LogP contribution is 2.27. The third-order valence-electron chi connectivity index (χ3n) is 2.33. The van der Waals surface area contributed by atoms with Gasteiger partial charge in [-0.2, -0.15) is 0 Å². The van der Waals surface area contributed by atoms with Crippen LogP contribution in [0.1, 0.15) is 5.56 Å². The first-order valence-corrected chi connectivity index (χ1v) is 5.16. The maximum Gasteiger partial charge on any atom is 0.160 e. The summed E-state index contributed by atoms with van der Waals surface area (Å²) in [6, 6.07) is 5.81. The standard InChI is InChI=1S/C12H19NO3/c1-14-8-10(13)6-9-4-5-11(15-2)12(7-9)16-3/h4-5,7,10H,6,8,13H2,1-3H3/t10-/m0/s1. The normalized spacial score (nSPS) is 12.2. The molecule has 0 spiro atoms. The van der Waals surface area contributed by atoms with Crippen molar-refractivity contribution in [3.05, 3.63) is 23.8 Å². The molecule has 16 heavy (non-hydrogen) atoms. The van der Waals surface area contributed by atoms with Crippen LogP contribution in [0.5, 0.6) is 11.5 Å². The molecule has 0 aromatic heterocycles. The van der Waals surface area contributed by atoms with Crippen LogP contribution < -0.4 is 15.2 Å². The van der Waals surface area contributed by atoms with Gasteiger partial charge in [0.05, 0.1) is 20.8 Å². The van der Waals surface area contributed by atoms with Gasteiger partial charge in [0.25, 0.3) is 0 Å². The molecule has 2 N–H and O–H groups in total. The van der Waals surface area contributed by atoms with Gasteiger partial charge in [0, 0.05) is 13.2 Å². The van der Waals surface area contributed by atoms with E-state index in [-0.39, 0.29) is 6.04 Å². The van der Waals surface area contributed by atoms with Crippen molar-refractivity contribution in [2.75, 3.05) is 27.9 Å². The number of methoxy groups -OCH3 is 3. The molecule has 0 amide bonds. The average Bonchev–Trinajstić information content (AvgIpc) is 2.29. The number of hydrogen-bond acceptors (Lipinski definition) is 4. The van der Waals surface area contributed by atoms with Crippen LogP contribution in [-0.4, -0.2) is 34.0 Å². The zero-order valence-corrected chi connectivity index (χ0v) is 10.0. The predicted octanol–water partition coefficient (Wildman–Crippen LogP) is 1.22. The van der Waals surface area contributed by atoms with Crippen LogP contribution in [0.2, 0.25) is 0 Å². The molecule has 0 saturated heterocycles. The monoisotopic (exact) mass is 225 g/mol. The van der Waals surface area contributed by atoms with E-state index in [0.717, 1.165) is 23.5 Å². The Kier molecular flexibility index (Phi) is 5.08. The van der Waals surface area contributed by atoms with Crippen LogP contribution in [-0.2, 0) is 11.2 Å². The summed E-state index contributed by atoms with van der Waals surface area (Å²) in [4.78, 5) is 0. The van der Waals surface area contributed by atoms with Gasteiger partial charge in [-0.05, 0) is 24.1 Å². The van der Waals surface area contributed by atoms with Crippen LogP contribution in [0.25, 0.3) is 0 Å². The van der Waals surface area contributed by atoms with Gasteiger partial charge >= 0.3 is 0 Å². The van der Waals surface area contributed by atoms with E-state index in [1.54, 1.807) is 21.3 Å². The second kappa shape index (κ2) is 6.35. The topological polar surface area (TPSA) is 53.7 Å². The molecule has 0 radical (unpaired) electrons. The molecule has 1 aromatic rings. The number of nitrogens with two attached hydrogens (primary N) is 1. The molecule has 0 aliphatic heterocycles. The summed E-state index contributed by atoms with van der Waals surface area (Å²) >= 11 is 0. The van der Waals surface area contributed by atoms with E-state index in [1.165, 1.54) is 0 Å². The van der Waals surface area contributed by atoms with Crippen LogP contribution in [0, 0.1) is 0 Å². The van der Waals surface area contributed by atoms with Crippen molar-refractivity contribution in [1.29, 1.82) is 0 Å². The minimum atomic E-state index is 0.00287. The molecule has 1 rings (SSSR count). The Morgan fingerprint density at radius 3 is 2.38 bits per heavy atom. The zero-order valence-electron chi connectivity index (χ0n) is 10.0. The van der Waals surface area contributed by atoms with Crippen molar-refractivity contribution in [3.8, 4) is 11.5 Å². The second-order valence-electron chi connectivity index (χ2n) is 3.61. The minimum absolute atomic E-state index is 0.00287. The predicted molar refractivity (Wildman–Crippen MR) is 63.1 cm³/mol. The van der Waals surface area contributed by atoms with E-state index in [9.17, 15) is 0 Å². The fourth-order valence-corrected chi connectivity index (χ4v) is 1.58. The summed E-state index contributed by atoms with van der Waals surface area (Å²) in [7, 11) is 4.89. The molecule has 0 bridgehead atoms. The molecule has 0 fully saturated rings. The third kappa shape index (κ3) is 3.40. The van der Waals surface area contributed by atoms with Gasteiger partial charge in [0.15, 0.2) is 11.5 Å². The van der Waals surface area contributed by atoms with Crippen molar-refractivity contribution in [2.45, 2.75) is 12.5 Å². The van der Waals surface area contributed by atoms with Gasteiger partial charge in [-0.3, -0.25) is 0 Å². The van der Waals surface area contributed by atoms with Crippen molar-refractivity contribution in [2.24, 2.45) is 5.73 Å². The summed E-state index contributed by atoms with van der Waals surface area (Å²) in [6.45, 7) is 0.550. The number of hydrogen-bond donors (Lipinski definition) is 1. The fourth-order valence-electron chi connectivity index (χ4n) is 1.58. The van der Waals surface area contributed by atoms with E-state index >= 15 is 0 Å². The first-order chi connectivity index (χ1) is 7.71. The Morgan fingerprint density at radius 1 is 1.12 bits per heavy atom. The highest BCUT2D eigenvalue weighted by molar-refractivity contribution is 5.43. The number of benzene rings is 1. The molecule has 0 heterocycles. The molecule has 0 aliphatic rings. The highest BCUT2D eigenvalue weighted by atomic mass is 16.5. The lowest BCUT2D eigenvalue weighted by atomic mass is 10.1. The zero-order chi connectivity index (χ0) is 12.0. The van der Waals surface area contributed by atoms with Gasteiger partial charge in [0.2, 0.25) is 0 Å². The van der Waals surface area contributed by atoms with Crippen molar-refractivity contribution < 1.29 is 14.2 Å². The van der Waals surface area contributed by atoms with Gasteiger partial charge < -0.3 is 19.9 Å². The molecule has 4 heteroatoms. The molecular weight excluding hydrogens is 206 g/mol. The first-order valence-electron chi connectivity index (χ1n) is 5.16. The highest BCUT2D eigenvalue weighted by Gasteiger charge is 2.08. The number of rotatable bonds is 6. The van der Waals surface area contributed by atoms with Crippen LogP contribution in [0.15, 0.2) is 18.2 Å². The maximum atomic E-state index is 5.88. The average molecular weight is 225 g/mol. The van der Waals surface area contributed by atoms with Gasteiger partial charge in [-0.25, -0.2) is 0 Å². The van der Waals surface area contributed by atoms with E-state index in [2.05, 4.69) is 0 Å². The summed E-state index contributed by atoms with van der Waals surface area (Å²) in [5, 5.41) is 0. The van der Waals surface area contributed by atoms with Crippen molar-refractivity contribution >= 4 is 0 Å². The molecule has 1 atom stereocenters. The molecule has 0 unspecified atom stereocenters. The first kappa shape index (κ1) is 12.8. The Labute approximate surface area is 96.3 Å². The molecule has 0 aliphatic carbocycles. The lowest BCUT2D eigenvalue weighted by molar-refractivity contribution is 0.180.